The second-order valence-corrected chi connectivity index (χ2v) is 10.5. The number of carbonyl (C=O) groups is 2. The minimum absolute atomic E-state index is 0.0351. The Morgan fingerprint density at radius 3 is 2.42 bits per heavy atom. The van der Waals surface area contributed by atoms with E-state index in [0.717, 1.165) is 12.0 Å². The molecule has 0 aromatic heterocycles. The third-order valence-electron chi connectivity index (χ3n) is 7.36. The normalized spacial score (nSPS) is 24.0. The number of hydrogen-bond donors (Lipinski definition) is 1. The zero-order valence-electron chi connectivity index (χ0n) is 21.0. The largest absolute Gasteiger partial charge is 0.444 e. The molecule has 0 unspecified atom stereocenters. The Morgan fingerprint density at radius 2 is 1.82 bits per heavy atom. The summed E-state index contributed by atoms with van der Waals surface area (Å²) in [6.45, 7) is 8.26. The SMILES string of the molecule is CNC(=O)[C@@H](C[C@@H]1OC(C)(C)N(C(=O)OCc2ccccc2)[C@H]1CC1CCCCC1)C(C)C. The molecule has 2 fully saturated rings. The number of rotatable bonds is 8. The van der Waals surface area contributed by atoms with Crippen molar-refractivity contribution in [3.63, 3.8) is 0 Å². The quantitative estimate of drug-likeness (QED) is 0.558. The highest BCUT2D eigenvalue weighted by Crippen LogP contribution is 2.41. The van der Waals surface area contributed by atoms with Gasteiger partial charge in [-0.15, -0.1) is 0 Å². The number of nitrogens with one attached hydrogen (secondary N) is 1. The molecule has 1 aliphatic heterocycles. The van der Waals surface area contributed by atoms with Gasteiger partial charge in [0, 0.05) is 13.0 Å². The van der Waals surface area contributed by atoms with E-state index >= 15 is 0 Å². The van der Waals surface area contributed by atoms with Gasteiger partial charge in [0.05, 0.1) is 12.1 Å². The molecule has 1 saturated heterocycles. The van der Waals surface area contributed by atoms with Gasteiger partial charge in [-0.25, -0.2) is 4.79 Å². The van der Waals surface area contributed by atoms with Gasteiger partial charge in [0.2, 0.25) is 5.91 Å². The van der Waals surface area contributed by atoms with Crippen LogP contribution in [0.25, 0.3) is 0 Å². The van der Waals surface area contributed by atoms with Gasteiger partial charge in [-0.3, -0.25) is 9.69 Å². The maximum absolute atomic E-state index is 13.4. The Labute approximate surface area is 199 Å². The van der Waals surface area contributed by atoms with E-state index in [2.05, 4.69) is 19.2 Å². The van der Waals surface area contributed by atoms with E-state index in [4.69, 9.17) is 9.47 Å². The zero-order chi connectivity index (χ0) is 24.0. The predicted octanol–water partition coefficient (Wildman–Crippen LogP) is 5.51. The standard InChI is InChI=1S/C27H42N2O4/c1-19(2)22(25(30)28-5)17-24-23(16-20-12-8-6-9-13-20)29(27(3,4)33-24)26(31)32-18-21-14-10-7-11-15-21/h7,10-11,14-15,19-20,22-24H,6,8-9,12-13,16-18H2,1-5H3,(H,28,30)/t22-,23-,24-/m0/s1. The van der Waals surface area contributed by atoms with Crippen LogP contribution >= 0.6 is 0 Å². The van der Waals surface area contributed by atoms with Gasteiger partial charge in [-0.05, 0) is 44.1 Å². The second-order valence-electron chi connectivity index (χ2n) is 10.5. The Bertz CT molecular complexity index is 774. The van der Waals surface area contributed by atoms with Crippen LogP contribution in [0.4, 0.5) is 4.79 Å². The van der Waals surface area contributed by atoms with Gasteiger partial charge >= 0.3 is 6.09 Å². The Morgan fingerprint density at radius 1 is 1.15 bits per heavy atom. The Hall–Kier alpha value is -2.08. The van der Waals surface area contributed by atoms with Crippen molar-refractivity contribution in [2.45, 2.75) is 97.1 Å². The number of ether oxygens (including phenoxy) is 2. The minimum atomic E-state index is -0.790. The van der Waals surface area contributed by atoms with Gasteiger partial charge in [-0.1, -0.05) is 76.3 Å². The minimum Gasteiger partial charge on any atom is -0.444 e. The lowest BCUT2D eigenvalue weighted by Crippen LogP contribution is -2.49. The molecule has 1 N–H and O–H groups in total. The van der Waals surface area contributed by atoms with Crippen molar-refractivity contribution in [1.29, 1.82) is 0 Å². The molecule has 184 valence electrons. The molecule has 6 nitrogen and oxygen atoms in total. The molecule has 3 atom stereocenters. The lowest BCUT2D eigenvalue weighted by molar-refractivity contribution is -0.128. The molecule has 1 aliphatic carbocycles. The lowest BCUT2D eigenvalue weighted by atomic mass is 9.81. The summed E-state index contributed by atoms with van der Waals surface area (Å²) in [4.78, 5) is 27.8. The molecule has 2 aliphatic rings. The lowest BCUT2D eigenvalue weighted by Gasteiger charge is -2.35. The Balaban J connectivity index is 1.81. The molecule has 1 aromatic rings. The monoisotopic (exact) mass is 458 g/mol. The first-order chi connectivity index (χ1) is 15.7. The van der Waals surface area contributed by atoms with Gasteiger partial charge < -0.3 is 14.8 Å². The molecular formula is C27H42N2O4. The molecular weight excluding hydrogens is 416 g/mol. The predicted molar refractivity (Wildman–Crippen MR) is 129 cm³/mol. The van der Waals surface area contributed by atoms with Crippen LogP contribution in [-0.2, 0) is 20.9 Å². The average molecular weight is 459 g/mol. The fourth-order valence-electron chi connectivity index (χ4n) is 5.56. The van der Waals surface area contributed by atoms with Crippen molar-refractivity contribution in [1.82, 2.24) is 10.2 Å². The summed E-state index contributed by atoms with van der Waals surface area (Å²) < 4.78 is 12.3. The van der Waals surface area contributed by atoms with E-state index < -0.39 is 5.72 Å². The van der Waals surface area contributed by atoms with Crippen molar-refractivity contribution < 1.29 is 19.1 Å². The van der Waals surface area contributed by atoms with Crippen LogP contribution in [0, 0.1) is 17.8 Å². The fourth-order valence-corrected chi connectivity index (χ4v) is 5.56. The van der Waals surface area contributed by atoms with Gasteiger partial charge in [-0.2, -0.15) is 0 Å². The van der Waals surface area contributed by atoms with E-state index in [1.165, 1.54) is 32.1 Å². The summed E-state index contributed by atoms with van der Waals surface area (Å²) in [6.07, 6.45) is 7.13. The molecule has 0 radical (unpaired) electrons. The molecule has 1 heterocycles. The van der Waals surface area contributed by atoms with Crippen LogP contribution in [0.5, 0.6) is 0 Å². The first-order valence-corrected chi connectivity index (χ1v) is 12.6. The van der Waals surface area contributed by atoms with E-state index in [-0.39, 0.29) is 42.6 Å². The van der Waals surface area contributed by atoms with E-state index in [9.17, 15) is 9.59 Å². The van der Waals surface area contributed by atoms with E-state index in [1.807, 2.05) is 49.1 Å². The summed E-state index contributed by atoms with van der Waals surface area (Å²) in [5.41, 5.74) is 0.172. The maximum Gasteiger partial charge on any atom is 0.412 e. The molecule has 0 spiro atoms. The van der Waals surface area contributed by atoms with Crippen LogP contribution in [0.3, 0.4) is 0 Å². The highest BCUT2D eigenvalue weighted by Gasteiger charge is 2.52. The van der Waals surface area contributed by atoms with Gasteiger partial charge in [0.25, 0.3) is 0 Å². The first-order valence-electron chi connectivity index (χ1n) is 12.6. The molecule has 1 aromatic carbocycles. The van der Waals surface area contributed by atoms with Crippen molar-refractivity contribution in [3.8, 4) is 0 Å². The fraction of sp³-hybridized carbons (Fsp3) is 0.704. The number of amides is 2. The van der Waals surface area contributed by atoms with Crippen molar-refractivity contribution in [3.05, 3.63) is 35.9 Å². The van der Waals surface area contributed by atoms with Gasteiger partial charge in [0.1, 0.15) is 12.3 Å². The Kier molecular flexibility index (Phi) is 8.80. The molecule has 6 heteroatoms. The van der Waals surface area contributed by atoms with E-state index in [0.29, 0.717) is 12.3 Å². The number of nitrogens with zero attached hydrogens (tertiary/aromatic N) is 1. The molecule has 33 heavy (non-hydrogen) atoms. The maximum atomic E-state index is 13.4. The smallest absolute Gasteiger partial charge is 0.412 e. The highest BCUT2D eigenvalue weighted by molar-refractivity contribution is 5.78. The van der Waals surface area contributed by atoms with Crippen molar-refractivity contribution in [2.24, 2.45) is 17.8 Å². The second kappa shape index (κ2) is 11.4. The average Bonchev–Trinajstić information content (AvgIpc) is 3.05. The first kappa shape index (κ1) is 25.5. The summed E-state index contributed by atoms with van der Waals surface area (Å²) in [5.74, 6) is 0.634. The van der Waals surface area contributed by atoms with Crippen molar-refractivity contribution >= 4 is 12.0 Å². The van der Waals surface area contributed by atoms with Gasteiger partial charge in [0.15, 0.2) is 0 Å². The van der Waals surface area contributed by atoms with Crippen molar-refractivity contribution in [2.75, 3.05) is 7.05 Å². The summed E-state index contributed by atoms with van der Waals surface area (Å²) >= 11 is 0. The topological polar surface area (TPSA) is 67.9 Å². The van der Waals surface area contributed by atoms with Crippen LogP contribution < -0.4 is 5.32 Å². The molecule has 1 saturated carbocycles. The zero-order valence-corrected chi connectivity index (χ0v) is 21.0. The summed E-state index contributed by atoms with van der Waals surface area (Å²) in [5, 5.41) is 2.81. The third kappa shape index (κ3) is 6.50. The van der Waals surface area contributed by atoms with Crippen LogP contribution in [0.15, 0.2) is 30.3 Å². The summed E-state index contributed by atoms with van der Waals surface area (Å²) in [6, 6.07) is 9.65. The number of carbonyl (C=O) groups excluding carboxylic acids is 2. The number of hydrogen-bond acceptors (Lipinski definition) is 4. The van der Waals surface area contributed by atoms with E-state index in [1.54, 1.807) is 7.05 Å². The molecule has 2 amide bonds. The highest BCUT2D eigenvalue weighted by atomic mass is 16.6. The van der Waals surface area contributed by atoms with Crippen LogP contribution in [0.2, 0.25) is 0 Å². The molecule has 0 bridgehead atoms. The number of benzene rings is 1. The summed E-state index contributed by atoms with van der Waals surface area (Å²) in [7, 11) is 1.68. The van der Waals surface area contributed by atoms with Crippen LogP contribution in [-0.4, -0.2) is 41.8 Å². The van der Waals surface area contributed by atoms with Crippen LogP contribution in [0.1, 0.15) is 78.2 Å². The third-order valence-corrected chi connectivity index (χ3v) is 7.36. The molecule has 3 rings (SSSR count).